The van der Waals surface area contributed by atoms with Gasteiger partial charge in [-0.1, -0.05) is 42.5 Å². The zero-order chi connectivity index (χ0) is 14.8. The molecule has 2 aromatic rings. The normalized spacial score (nSPS) is 19.8. The number of rotatable bonds is 3. The van der Waals surface area contributed by atoms with Gasteiger partial charge in [0.25, 0.3) is 0 Å². The summed E-state index contributed by atoms with van der Waals surface area (Å²) in [5.74, 6) is 0.297. The highest BCUT2D eigenvalue weighted by atomic mass is 19.1. The third-order valence-electron chi connectivity index (χ3n) is 4.28. The van der Waals surface area contributed by atoms with Crippen LogP contribution in [0.3, 0.4) is 0 Å². The van der Waals surface area contributed by atoms with Gasteiger partial charge in [-0.3, -0.25) is 0 Å². The molecule has 3 rings (SSSR count). The minimum Gasteiger partial charge on any atom is -0.368 e. The molecule has 2 aromatic carbocycles. The van der Waals surface area contributed by atoms with Crippen molar-refractivity contribution in [1.82, 2.24) is 0 Å². The highest BCUT2D eigenvalue weighted by molar-refractivity contribution is 5.57. The fourth-order valence-corrected chi connectivity index (χ4v) is 3.19. The maximum absolute atomic E-state index is 14.3. The Morgan fingerprint density at radius 1 is 1.14 bits per heavy atom. The Bertz CT molecular complexity index is 610. The predicted molar refractivity (Wildman–Crippen MR) is 85.0 cm³/mol. The van der Waals surface area contributed by atoms with Crippen LogP contribution in [0.15, 0.2) is 48.5 Å². The van der Waals surface area contributed by atoms with E-state index in [9.17, 15) is 4.39 Å². The lowest BCUT2D eigenvalue weighted by Gasteiger charge is -2.24. The first kappa shape index (κ1) is 14.1. The molecule has 1 heterocycles. The molecule has 2 nitrogen and oxygen atoms in total. The van der Waals surface area contributed by atoms with Crippen molar-refractivity contribution >= 4 is 5.69 Å². The van der Waals surface area contributed by atoms with Crippen molar-refractivity contribution < 1.29 is 4.39 Å². The van der Waals surface area contributed by atoms with E-state index in [0.29, 0.717) is 11.6 Å². The van der Waals surface area contributed by atoms with Crippen LogP contribution in [0.1, 0.15) is 36.4 Å². The molecule has 1 fully saturated rings. The molecule has 0 saturated carbocycles. The van der Waals surface area contributed by atoms with Crippen molar-refractivity contribution in [3.05, 3.63) is 65.5 Å². The Morgan fingerprint density at radius 2 is 1.90 bits per heavy atom. The molecule has 0 spiro atoms. The van der Waals surface area contributed by atoms with Gasteiger partial charge >= 0.3 is 0 Å². The molecule has 1 saturated heterocycles. The fraction of sp³-hybridized carbons (Fsp3) is 0.333. The molecule has 2 atom stereocenters. The van der Waals surface area contributed by atoms with E-state index in [-0.39, 0.29) is 11.9 Å². The van der Waals surface area contributed by atoms with Gasteiger partial charge in [-0.2, -0.15) is 0 Å². The topological polar surface area (TPSA) is 29.3 Å². The van der Waals surface area contributed by atoms with Crippen molar-refractivity contribution in [1.29, 1.82) is 0 Å². The van der Waals surface area contributed by atoms with Gasteiger partial charge in [-0.15, -0.1) is 0 Å². The number of halogens is 1. The highest BCUT2D eigenvalue weighted by Gasteiger charge is 2.27. The molecule has 0 radical (unpaired) electrons. The van der Waals surface area contributed by atoms with Gasteiger partial charge in [0.15, 0.2) is 0 Å². The maximum Gasteiger partial charge on any atom is 0.146 e. The summed E-state index contributed by atoms with van der Waals surface area (Å²) in [6, 6.07) is 15.5. The molecule has 21 heavy (non-hydrogen) atoms. The lowest BCUT2D eigenvalue weighted by Crippen LogP contribution is -2.23. The van der Waals surface area contributed by atoms with E-state index in [1.54, 1.807) is 6.07 Å². The number of nitrogens with zero attached hydrogens (tertiary/aromatic N) is 1. The Balaban J connectivity index is 1.87. The molecular formula is C18H21FN2. The second kappa shape index (κ2) is 5.86. The van der Waals surface area contributed by atoms with Crippen LogP contribution in [0.5, 0.6) is 0 Å². The van der Waals surface area contributed by atoms with E-state index in [0.717, 1.165) is 25.1 Å². The standard InChI is InChI=1S/C18H21FN2/c1-13(20)16-8-5-9-17(19)18(16)21-11-10-15(12-21)14-6-3-2-4-7-14/h2-9,13,15H,10-12,20H2,1H3/t13-,15?/m1/s1. The zero-order valence-electron chi connectivity index (χ0n) is 12.3. The minimum atomic E-state index is -0.168. The summed E-state index contributed by atoms with van der Waals surface area (Å²) in [7, 11) is 0. The number of anilines is 1. The smallest absolute Gasteiger partial charge is 0.146 e. The van der Waals surface area contributed by atoms with E-state index in [1.165, 1.54) is 11.6 Å². The summed E-state index contributed by atoms with van der Waals surface area (Å²) < 4.78 is 14.3. The van der Waals surface area contributed by atoms with Crippen molar-refractivity contribution in [2.75, 3.05) is 18.0 Å². The Labute approximate surface area is 125 Å². The summed E-state index contributed by atoms with van der Waals surface area (Å²) in [4.78, 5) is 2.14. The highest BCUT2D eigenvalue weighted by Crippen LogP contribution is 2.35. The van der Waals surface area contributed by atoms with Crippen LogP contribution >= 0.6 is 0 Å². The van der Waals surface area contributed by atoms with Crippen LogP contribution in [0.25, 0.3) is 0 Å². The molecule has 0 aromatic heterocycles. The summed E-state index contributed by atoms with van der Waals surface area (Å²) in [5.41, 5.74) is 8.91. The lowest BCUT2D eigenvalue weighted by atomic mass is 9.99. The zero-order valence-corrected chi connectivity index (χ0v) is 12.3. The van der Waals surface area contributed by atoms with Crippen LogP contribution < -0.4 is 10.6 Å². The van der Waals surface area contributed by atoms with E-state index in [1.807, 2.05) is 19.1 Å². The van der Waals surface area contributed by atoms with E-state index in [4.69, 9.17) is 5.73 Å². The summed E-state index contributed by atoms with van der Waals surface area (Å²) in [6.45, 7) is 3.63. The molecule has 0 aliphatic carbocycles. The Morgan fingerprint density at radius 3 is 2.62 bits per heavy atom. The number of hydrogen-bond acceptors (Lipinski definition) is 2. The van der Waals surface area contributed by atoms with Crippen LogP contribution in [0, 0.1) is 5.82 Å². The van der Waals surface area contributed by atoms with Crippen LogP contribution in [0.4, 0.5) is 10.1 Å². The van der Waals surface area contributed by atoms with E-state index < -0.39 is 0 Å². The molecule has 110 valence electrons. The average Bonchev–Trinajstić information content (AvgIpc) is 2.97. The third kappa shape index (κ3) is 2.79. The summed E-state index contributed by atoms with van der Waals surface area (Å²) in [5, 5.41) is 0. The summed E-state index contributed by atoms with van der Waals surface area (Å²) >= 11 is 0. The Hall–Kier alpha value is -1.87. The van der Waals surface area contributed by atoms with Crippen molar-refractivity contribution in [2.45, 2.75) is 25.3 Å². The molecule has 0 bridgehead atoms. The first-order valence-corrected chi connectivity index (χ1v) is 7.50. The molecule has 0 amide bonds. The molecule has 3 heteroatoms. The predicted octanol–water partition coefficient (Wildman–Crippen LogP) is 3.84. The number of para-hydroxylation sites is 1. The second-order valence-electron chi connectivity index (χ2n) is 5.81. The first-order valence-electron chi connectivity index (χ1n) is 7.50. The van der Waals surface area contributed by atoms with Crippen LogP contribution in [-0.4, -0.2) is 13.1 Å². The number of nitrogens with two attached hydrogens (primary N) is 1. The third-order valence-corrected chi connectivity index (χ3v) is 4.28. The Kier molecular flexibility index (Phi) is 3.93. The molecule has 1 unspecified atom stereocenters. The molecule has 1 aliphatic heterocycles. The minimum absolute atomic E-state index is 0.161. The van der Waals surface area contributed by atoms with E-state index in [2.05, 4.69) is 29.2 Å². The quantitative estimate of drug-likeness (QED) is 0.928. The largest absolute Gasteiger partial charge is 0.368 e. The van der Waals surface area contributed by atoms with Gasteiger partial charge in [-0.05, 0) is 30.5 Å². The lowest BCUT2D eigenvalue weighted by molar-refractivity contribution is 0.616. The summed E-state index contributed by atoms with van der Waals surface area (Å²) in [6.07, 6.45) is 1.05. The molecular weight excluding hydrogens is 263 g/mol. The number of benzene rings is 2. The molecule has 1 aliphatic rings. The maximum atomic E-state index is 14.3. The first-order chi connectivity index (χ1) is 10.2. The number of hydrogen-bond donors (Lipinski definition) is 1. The van der Waals surface area contributed by atoms with Gasteiger partial charge in [0.05, 0.1) is 5.69 Å². The monoisotopic (exact) mass is 284 g/mol. The fourth-order valence-electron chi connectivity index (χ4n) is 3.19. The average molecular weight is 284 g/mol. The van der Waals surface area contributed by atoms with Gasteiger partial charge in [-0.25, -0.2) is 4.39 Å². The van der Waals surface area contributed by atoms with Crippen LogP contribution in [0.2, 0.25) is 0 Å². The van der Waals surface area contributed by atoms with E-state index >= 15 is 0 Å². The van der Waals surface area contributed by atoms with Crippen molar-refractivity contribution in [2.24, 2.45) is 5.73 Å². The van der Waals surface area contributed by atoms with Gasteiger partial charge in [0, 0.05) is 25.0 Å². The van der Waals surface area contributed by atoms with Crippen LogP contribution in [-0.2, 0) is 0 Å². The second-order valence-corrected chi connectivity index (χ2v) is 5.81. The van der Waals surface area contributed by atoms with Gasteiger partial charge in [0.1, 0.15) is 5.82 Å². The van der Waals surface area contributed by atoms with Crippen molar-refractivity contribution in [3.8, 4) is 0 Å². The van der Waals surface area contributed by atoms with Crippen molar-refractivity contribution in [3.63, 3.8) is 0 Å². The van der Waals surface area contributed by atoms with Gasteiger partial charge < -0.3 is 10.6 Å². The molecule has 2 N–H and O–H groups in total. The SMILES string of the molecule is C[C@@H](N)c1cccc(F)c1N1CCC(c2ccccc2)C1. The van der Waals surface area contributed by atoms with Gasteiger partial charge in [0.2, 0.25) is 0 Å².